The van der Waals surface area contributed by atoms with E-state index in [0.29, 0.717) is 10.3 Å². The average Bonchev–Trinajstić information content (AvgIpc) is 1.94. The normalized spacial score (nSPS) is 9.90. The van der Waals surface area contributed by atoms with E-state index in [1.807, 2.05) is 13.3 Å². The topological polar surface area (TPSA) is 25.8 Å². The molecule has 1 aromatic heterocycles. The van der Waals surface area contributed by atoms with E-state index in [-0.39, 0.29) is 0 Å². The van der Waals surface area contributed by atoms with E-state index in [1.165, 1.54) is 0 Å². The third kappa shape index (κ3) is 1.58. The lowest BCUT2D eigenvalue weighted by Crippen LogP contribution is -1.88. The third-order valence-corrected chi connectivity index (χ3v) is 1.54. The van der Waals surface area contributed by atoms with E-state index < -0.39 is 0 Å². The van der Waals surface area contributed by atoms with Crippen molar-refractivity contribution in [2.24, 2.45) is 0 Å². The maximum Gasteiger partial charge on any atom is 0.155 e. The van der Waals surface area contributed by atoms with Crippen LogP contribution in [0.4, 0.5) is 0 Å². The average molecular weight is 176 g/mol. The van der Waals surface area contributed by atoms with E-state index in [0.717, 1.165) is 5.56 Å². The zero-order valence-electron chi connectivity index (χ0n) is 5.31. The smallest absolute Gasteiger partial charge is 0.137 e. The van der Waals surface area contributed by atoms with Gasteiger partial charge in [0.2, 0.25) is 0 Å². The van der Waals surface area contributed by atoms with E-state index in [9.17, 15) is 0 Å². The summed E-state index contributed by atoms with van der Waals surface area (Å²) < 4.78 is 0. The van der Waals surface area contributed by atoms with Gasteiger partial charge in [0.25, 0.3) is 0 Å². The van der Waals surface area contributed by atoms with Crippen molar-refractivity contribution in [3.05, 3.63) is 28.4 Å². The van der Waals surface area contributed by atoms with Crippen molar-refractivity contribution in [2.75, 3.05) is 0 Å². The highest BCUT2D eigenvalue weighted by atomic mass is 35.5. The zero-order chi connectivity index (χ0) is 7.56. The summed E-state index contributed by atoms with van der Waals surface area (Å²) in [6, 6.07) is 1.66. The quantitative estimate of drug-likeness (QED) is 0.656. The highest BCUT2D eigenvalue weighted by Crippen LogP contribution is 2.16. The summed E-state index contributed by atoms with van der Waals surface area (Å²) in [6.07, 6.45) is 1.82. The number of aromatic nitrogens is 2. The van der Waals surface area contributed by atoms with Crippen LogP contribution >= 0.6 is 23.2 Å². The molecule has 0 spiro atoms. The zero-order valence-corrected chi connectivity index (χ0v) is 6.82. The van der Waals surface area contributed by atoms with Crippen molar-refractivity contribution in [3.8, 4) is 0 Å². The van der Waals surface area contributed by atoms with Gasteiger partial charge in [0.1, 0.15) is 0 Å². The van der Waals surface area contributed by atoms with Crippen molar-refractivity contribution >= 4 is 23.2 Å². The second-order valence-corrected chi connectivity index (χ2v) is 2.45. The van der Waals surface area contributed by atoms with Crippen LogP contribution < -0.4 is 0 Å². The van der Waals surface area contributed by atoms with Gasteiger partial charge in [-0.15, -0.1) is 10.2 Å². The molecule has 0 bridgehead atoms. The Balaban J connectivity index is 3.09. The third-order valence-electron chi connectivity index (χ3n) is 1.06. The van der Waals surface area contributed by atoms with Crippen LogP contribution in [0.3, 0.4) is 0 Å². The molecule has 2 nitrogen and oxygen atoms in total. The van der Waals surface area contributed by atoms with Gasteiger partial charge in [-0.3, -0.25) is 0 Å². The second kappa shape index (κ2) is 3.17. The molecule has 0 atom stereocenters. The number of nitrogens with zero attached hydrogens (tertiary/aromatic N) is 2. The van der Waals surface area contributed by atoms with Crippen molar-refractivity contribution in [3.63, 3.8) is 0 Å². The summed E-state index contributed by atoms with van der Waals surface area (Å²) in [6.45, 7) is 1.86. The summed E-state index contributed by atoms with van der Waals surface area (Å²) in [7, 11) is 0. The van der Waals surface area contributed by atoms with Gasteiger partial charge < -0.3 is 0 Å². The molecule has 1 heterocycles. The van der Waals surface area contributed by atoms with Crippen LogP contribution in [-0.4, -0.2) is 10.2 Å². The minimum absolute atomic E-state index is 0.359. The lowest BCUT2D eigenvalue weighted by Gasteiger charge is -1.96. The first-order chi connectivity index (χ1) is 4.74. The lowest BCUT2D eigenvalue weighted by atomic mass is 10.2. The molecular formula is C6H5Cl2N2. The Kier molecular flexibility index (Phi) is 2.46. The molecule has 0 aliphatic heterocycles. The van der Waals surface area contributed by atoms with E-state index >= 15 is 0 Å². The van der Waals surface area contributed by atoms with Crippen molar-refractivity contribution in [1.82, 2.24) is 10.2 Å². The molecule has 1 aromatic rings. The first kappa shape index (κ1) is 7.76. The molecule has 10 heavy (non-hydrogen) atoms. The summed E-state index contributed by atoms with van der Waals surface area (Å²) in [5.74, 6) is 0. The highest BCUT2D eigenvalue weighted by molar-refractivity contribution is 6.31. The SMILES string of the molecule is C[CH]c1cc(Cl)nnc1Cl. The minimum Gasteiger partial charge on any atom is -0.137 e. The second-order valence-electron chi connectivity index (χ2n) is 1.70. The van der Waals surface area contributed by atoms with Gasteiger partial charge in [-0.1, -0.05) is 30.1 Å². The summed E-state index contributed by atoms with van der Waals surface area (Å²) in [4.78, 5) is 0. The van der Waals surface area contributed by atoms with Gasteiger partial charge >= 0.3 is 0 Å². The standard InChI is InChI=1S/C6H5Cl2N2/c1-2-4-3-5(7)9-10-6(4)8/h2-3H,1H3. The van der Waals surface area contributed by atoms with Crippen LogP contribution in [0.5, 0.6) is 0 Å². The van der Waals surface area contributed by atoms with Gasteiger partial charge in [-0.25, -0.2) is 0 Å². The van der Waals surface area contributed by atoms with Crippen LogP contribution in [0, 0.1) is 6.42 Å². The van der Waals surface area contributed by atoms with E-state index in [4.69, 9.17) is 23.2 Å². The fourth-order valence-corrected chi connectivity index (χ4v) is 0.925. The van der Waals surface area contributed by atoms with Crippen LogP contribution in [-0.2, 0) is 0 Å². The predicted molar refractivity (Wildman–Crippen MR) is 41.1 cm³/mol. The van der Waals surface area contributed by atoms with Crippen LogP contribution in [0.1, 0.15) is 12.5 Å². The highest BCUT2D eigenvalue weighted by Gasteiger charge is 2.00. The Hall–Kier alpha value is -0.340. The molecule has 1 radical (unpaired) electrons. The van der Waals surface area contributed by atoms with Crippen molar-refractivity contribution in [1.29, 1.82) is 0 Å². The molecule has 0 aliphatic rings. The number of rotatable bonds is 1. The molecular weight excluding hydrogens is 171 g/mol. The molecule has 4 heteroatoms. The maximum absolute atomic E-state index is 5.63. The van der Waals surface area contributed by atoms with Gasteiger partial charge in [0, 0.05) is 0 Å². The minimum atomic E-state index is 0.359. The molecule has 1 rings (SSSR count). The van der Waals surface area contributed by atoms with Crippen molar-refractivity contribution in [2.45, 2.75) is 6.92 Å². The largest absolute Gasteiger partial charge is 0.155 e. The fourth-order valence-electron chi connectivity index (χ4n) is 0.569. The first-order valence-electron chi connectivity index (χ1n) is 2.72. The van der Waals surface area contributed by atoms with Crippen LogP contribution in [0.2, 0.25) is 10.3 Å². The Labute approximate surface area is 69.2 Å². The number of hydrogen-bond acceptors (Lipinski definition) is 2. The molecule has 0 unspecified atom stereocenters. The number of hydrogen-bond donors (Lipinski definition) is 0. The lowest BCUT2D eigenvalue weighted by molar-refractivity contribution is 1.02. The molecule has 0 saturated carbocycles. The van der Waals surface area contributed by atoms with Gasteiger partial charge in [-0.05, 0) is 18.1 Å². The van der Waals surface area contributed by atoms with Crippen molar-refractivity contribution < 1.29 is 0 Å². The summed E-state index contributed by atoms with van der Waals surface area (Å²) in [5, 5.41) is 7.89. The van der Waals surface area contributed by atoms with E-state index in [2.05, 4.69) is 10.2 Å². The van der Waals surface area contributed by atoms with Crippen LogP contribution in [0.15, 0.2) is 6.07 Å². The molecule has 53 valence electrons. The molecule has 0 aromatic carbocycles. The van der Waals surface area contributed by atoms with Crippen LogP contribution in [0.25, 0.3) is 0 Å². The Morgan fingerprint density at radius 2 is 2.10 bits per heavy atom. The van der Waals surface area contributed by atoms with E-state index in [1.54, 1.807) is 6.07 Å². The van der Waals surface area contributed by atoms with Gasteiger partial charge in [0.05, 0.1) is 0 Å². The molecule has 0 aliphatic carbocycles. The van der Waals surface area contributed by atoms with Gasteiger partial charge in [-0.2, -0.15) is 0 Å². The molecule has 0 N–H and O–H groups in total. The monoisotopic (exact) mass is 175 g/mol. The first-order valence-corrected chi connectivity index (χ1v) is 3.47. The summed E-state index contributed by atoms with van der Waals surface area (Å²) >= 11 is 11.2. The number of halogens is 2. The Morgan fingerprint density at radius 3 is 2.60 bits per heavy atom. The molecule has 0 amide bonds. The maximum atomic E-state index is 5.63. The van der Waals surface area contributed by atoms with Gasteiger partial charge in [0.15, 0.2) is 10.3 Å². The predicted octanol–water partition coefficient (Wildman–Crippen LogP) is 2.36. The Morgan fingerprint density at radius 1 is 1.40 bits per heavy atom. The Bertz CT molecular complexity index is 237. The molecule has 0 saturated heterocycles. The fraction of sp³-hybridized carbons (Fsp3) is 0.167. The molecule has 0 fully saturated rings. The summed E-state index contributed by atoms with van der Waals surface area (Å²) in [5.41, 5.74) is 0.807.